The largest absolute Gasteiger partial charge is 0.469 e. The first-order chi connectivity index (χ1) is 11.2. The molecule has 24 heavy (non-hydrogen) atoms. The molecule has 1 saturated heterocycles. The van der Waals surface area contributed by atoms with E-state index in [1.165, 1.54) is 14.0 Å². The van der Waals surface area contributed by atoms with Crippen LogP contribution in [0.15, 0.2) is 0 Å². The predicted octanol–water partition coefficient (Wildman–Crippen LogP) is 3.10. The van der Waals surface area contributed by atoms with Gasteiger partial charge in [-0.3, -0.25) is 9.59 Å². The molecule has 0 unspecified atom stereocenters. The van der Waals surface area contributed by atoms with Crippen LogP contribution in [0.25, 0.3) is 0 Å². The smallest absolute Gasteiger partial charge is 0.311 e. The fourth-order valence-electron chi connectivity index (χ4n) is 5.74. The average Bonchev–Trinajstić information content (AvgIpc) is 3.27. The summed E-state index contributed by atoms with van der Waals surface area (Å²) in [5, 5.41) is 0. The summed E-state index contributed by atoms with van der Waals surface area (Å²) >= 11 is 0. The van der Waals surface area contributed by atoms with Gasteiger partial charge >= 0.3 is 11.9 Å². The Morgan fingerprint density at radius 3 is 2.54 bits per heavy atom. The van der Waals surface area contributed by atoms with Crippen LogP contribution in [0.1, 0.15) is 59.8 Å². The molecule has 6 atom stereocenters. The lowest BCUT2D eigenvalue weighted by atomic mass is 9.47. The van der Waals surface area contributed by atoms with Crippen molar-refractivity contribution in [2.45, 2.75) is 71.5 Å². The van der Waals surface area contributed by atoms with Crippen molar-refractivity contribution in [1.82, 2.24) is 0 Å². The lowest BCUT2D eigenvalue weighted by Gasteiger charge is -2.55. The highest BCUT2D eigenvalue weighted by Gasteiger charge is 2.78. The van der Waals surface area contributed by atoms with Crippen molar-refractivity contribution in [3.05, 3.63) is 0 Å². The molecule has 0 aromatic rings. The van der Waals surface area contributed by atoms with Gasteiger partial charge in [-0.25, -0.2) is 0 Å². The van der Waals surface area contributed by atoms with Crippen molar-refractivity contribution >= 4 is 11.9 Å². The fraction of sp³-hybridized carbons (Fsp3) is 0.895. The van der Waals surface area contributed by atoms with Crippen LogP contribution in [-0.2, 0) is 23.8 Å². The Bertz CT molecular complexity index is 546. The molecular weight excluding hydrogens is 308 g/mol. The number of hydrogen-bond acceptors (Lipinski definition) is 5. The maximum absolute atomic E-state index is 12.6. The zero-order chi connectivity index (χ0) is 17.8. The lowest BCUT2D eigenvalue weighted by Crippen LogP contribution is -2.60. The minimum Gasteiger partial charge on any atom is -0.469 e. The number of ether oxygens (including phenoxy) is 3. The second-order valence-electron chi connectivity index (χ2n) is 8.39. The van der Waals surface area contributed by atoms with E-state index in [1.807, 2.05) is 6.92 Å². The van der Waals surface area contributed by atoms with Crippen LogP contribution in [0.5, 0.6) is 0 Å². The standard InChI is InChI=1S/C19H30O5/c1-12-6-7-14-17(3,16(21)22-5)9-8-15-19(14,24-15)18(12,4)10-11-23-13(2)20/h12,14-15H,6-11H2,1-5H3/t12-,14-,15-,17+,18+,19+/m1/s1. The molecule has 2 aliphatic carbocycles. The zero-order valence-electron chi connectivity index (χ0n) is 15.5. The van der Waals surface area contributed by atoms with Crippen LogP contribution >= 0.6 is 0 Å². The molecule has 0 radical (unpaired) electrons. The molecule has 3 aliphatic rings. The number of carbonyl (C=O) groups excluding carboxylic acids is 2. The summed E-state index contributed by atoms with van der Waals surface area (Å²) in [5.74, 6) is 0.286. The van der Waals surface area contributed by atoms with Gasteiger partial charge in [-0.15, -0.1) is 0 Å². The lowest BCUT2D eigenvalue weighted by molar-refractivity contribution is -0.167. The molecule has 0 aromatic carbocycles. The summed E-state index contributed by atoms with van der Waals surface area (Å²) in [4.78, 5) is 23.7. The third kappa shape index (κ3) is 2.23. The van der Waals surface area contributed by atoms with Crippen molar-refractivity contribution in [1.29, 1.82) is 0 Å². The van der Waals surface area contributed by atoms with E-state index in [0.717, 1.165) is 32.1 Å². The van der Waals surface area contributed by atoms with E-state index in [-0.39, 0.29) is 35.0 Å². The van der Waals surface area contributed by atoms with Crippen LogP contribution < -0.4 is 0 Å². The van der Waals surface area contributed by atoms with E-state index < -0.39 is 5.41 Å². The molecule has 136 valence electrons. The topological polar surface area (TPSA) is 65.1 Å². The molecule has 3 rings (SSSR count). The van der Waals surface area contributed by atoms with E-state index >= 15 is 0 Å². The summed E-state index contributed by atoms with van der Waals surface area (Å²) in [5.41, 5.74) is -0.845. The van der Waals surface area contributed by atoms with Gasteiger partial charge in [-0.1, -0.05) is 13.8 Å². The summed E-state index contributed by atoms with van der Waals surface area (Å²) in [7, 11) is 1.48. The molecule has 1 spiro atoms. The average molecular weight is 338 g/mol. The van der Waals surface area contributed by atoms with Crippen LogP contribution in [0, 0.1) is 22.7 Å². The quantitative estimate of drug-likeness (QED) is 0.582. The van der Waals surface area contributed by atoms with Crippen LogP contribution in [0.3, 0.4) is 0 Å². The molecule has 5 nitrogen and oxygen atoms in total. The van der Waals surface area contributed by atoms with E-state index in [0.29, 0.717) is 12.5 Å². The molecule has 0 bridgehead atoms. The van der Waals surface area contributed by atoms with Gasteiger partial charge in [0.05, 0.1) is 25.2 Å². The molecule has 0 N–H and O–H groups in total. The molecule has 5 heteroatoms. The van der Waals surface area contributed by atoms with Gasteiger partial charge < -0.3 is 14.2 Å². The third-order valence-electron chi connectivity index (χ3n) is 7.42. The van der Waals surface area contributed by atoms with Gasteiger partial charge in [0.15, 0.2) is 0 Å². The first kappa shape index (κ1) is 17.7. The first-order valence-electron chi connectivity index (χ1n) is 9.12. The molecule has 1 heterocycles. The number of esters is 2. The second kappa shape index (κ2) is 5.72. The molecule has 1 aliphatic heterocycles. The molecule has 0 amide bonds. The zero-order valence-corrected chi connectivity index (χ0v) is 15.5. The highest BCUT2D eigenvalue weighted by atomic mass is 16.6. The molecule has 3 fully saturated rings. The Morgan fingerprint density at radius 1 is 1.21 bits per heavy atom. The summed E-state index contributed by atoms with van der Waals surface area (Å²) in [6, 6.07) is 0. The fourth-order valence-corrected chi connectivity index (χ4v) is 5.74. The van der Waals surface area contributed by atoms with Gasteiger partial charge in [0.1, 0.15) is 5.60 Å². The summed E-state index contributed by atoms with van der Waals surface area (Å²) in [6.45, 7) is 8.43. The SMILES string of the molecule is COC(=O)[C@@]1(C)CC[C@H]2O[C@@]23[C@@H]1CC[C@@H](C)[C@]3(C)CCOC(C)=O. The van der Waals surface area contributed by atoms with Crippen molar-refractivity contribution < 1.29 is 23.8 Å². The predicted molar refractivity (Wildman–Crippen MR) is 88.2 cm³/mol. The minimum absolute atomic E-state index is 0.0915. The number of carbonyl (C=O) groups is 2. The number of epoxide rings is 1. The maximum Gasteiger partial charge on any atom is 0.311 e. The van der Waals surface area contributed by atoms with Gasteiger partial charge in [-0.2, -0.15) is 0 Å². The normalized spacial score (nSPS) is 46.5. The van der Waals surface area contributed by atoms with Crippen molar-refractivity contribution in [2.24, 2.45) is 22.7 Å². The van der Waals surface area contributed by atoms with Gasteiger partial charge in [0, 0.05) is 18.3 Å². The minimum atomic E-state index is -0.482. The maximum atomic E-state index is 12.6. The second-order valence-corrected chi connectivity index (χ2v) is 8.39. The van der Waals surface area contributed by atoms with E-state index in [4.69, 9.17) is 14.2 Å². The Morgan fingerprint density at radius 2 is 1.92 bits per heavy atom. The van der Waals surface area contributed by atoms with Crippen molar-refractivity contribution in [3.8, 4) is 0 Å². The Labute approximate surface area is 144 Å². The van der Waals surface area contributed by atoms with Gasteiger partial charge in [0.25, 0.3) is 0 Å². The molecule has 2 saturated carbocycles. The monoisotopic (exact) mass is 338 g/mol. The highest BCUT2D eigenvalue weighted by Crippen LogP contribution is 2.71. The van der Waals surface area contributed by atoms with Gasteiger partial charge in [-0.05, 0) is 44.9 Å². The van der Waals surface area contributed by atoms with E-state index in [9.17, 15) is 9.59 Å². The Hall–Kier alpha value is -1.10. The molecule has 0 aromatic heterocycles. The van der Waals surface area contributed by atoms with Crippen molar-refractivity contribution in [3.63, 3.8) is 0 Å². The summed E-state index contributed by atoms with van der Waals surface area (Å²) < 4.78 is 16.7. The number of methoxy groups -OCH3 is 1. The Kier molecular flexibility index (Phi) is 4.22. The van der Waals surface area contributed by atoms with Crippen molar-refractivity contribution in [2.75, 3.05) is 13.7 Å². The highest BCUT2D eigenvalue weighted by molar-refractivity contribution is 5.77. The van der Waals surface area contributed by atoms with Gasteiger partial charge in [0.2, 0.25) is 0 Å². The number of rotatable bonds is 4. The first-order valence-corrected chi connectivity index (χ1v) is 9.12. The number of hydrogen-bond donors (Lipinski definition) is 0. The molecular formula is C19H30O5. The Balaban J connectivity index is 1.91. The van der Waals surface area contributed by atoms with E-state index in [2.05, 4.69) is 13.8 Å². The van der Waals surface area contributed by atoms with Crippen LogP contribution in [0.2, 0.25) is 0 Å². The van der Waals surface area contributed by atoms with E-state index in [1.54, 1.807) is 0 Å². The van der Waals surface area contributed by atoms with Crippen LogP contribution in [0.4, 0.5) is 0 Å². The summed E-state index contributed by atoms with van der Waals surface area (Å²) in [6.07, 6.45) is 4.78. The third-order valence-corrected chi connectivity index (χ3v) is 7.42. The van der Waals surface area contributed by atoms with Crippen LogP contribution in [-0.4, -0.2) is 37.4 Å².